The maximum Gasteiger partial charge on any atom is 0.317 e. The molecule has 0 radical (unpaired) electrons. The zero-order chi connectivity index (χ0) is 15.4. The maximum atomic E-state index is 12.3. The van der Waals surface area contributed by atoms with Gasteiger partial charge in [-0.05, 0) is 48.9 Å². The zero-order valence-corrected chi connectivity index (χ0v) is 13.2. The predicted molar refractivity (Wildman–Crippen MR) is 91.1 cm³/mol. The Morgan fingerprint density at radius 3 is 2.86 bits per heavy atom. The topological polar surface area (TPSA) is 32.3 Å². The van der Waals surface area contributed by atoms with Crippen molar-refractivity contribution < 1.29 is 4.79 Å². The van der Waals surface area contributed by atoms with Crippen LogP contribution in [0.25, 0.3) is 10.8 Å². The van der Waals surface area contributed by atoms with E-state index >= 15 is 0 Å². The average Bonchev–Trinajstić information content (AvgIpc) is 2.55. The molecule has 3 nitrogen and oxygen atoms in total. The van der Waals surface area contributed by atoms with E-state index in [4.69, 9.17) is 0 Å². The molecule has 0 saturated carbocycles. The molecule has 1 N–H and O–H groups in total. The molecule has 1 saturated heterocycles. The van der Waals surface area contributed by atoms with E-state index in [1.807, 2.05) is 4.90 Å². The van der Waals surface area contributed by atoms with Crippen LogP contribution >= 0.6 is 0 Å². The number of fused-ring (bicyclic) bond motifs is 1. The van der Waals surface area contributed by atoms with Gasteiger partial charge >= 0.3 is 6.03 Å². The first-order valence-electron chi connectivity index (χ1n) is 8.27. The Labute approximate surface area is 132 Å². The molecule has 116 valence electrons. The van der Waals surface area contributed by atoms with Crippen molar-refractivity contribution in [2.75, 3.05) is 13.1 Å². The second-order valence-electron chi connectivity index (χ2n) is 6.16. The molecular formula is C19H24N2O. The first-order valence-corrected chi connectivity index (χ1v) is 8.27. The van der Waals surface area contributed by atoms with Gasteiger partial charge in [0.1, 0.15) is 0 Å². The van der Waals surface area contributed by atoms with E-state index in [0.29, 0.717) is 12.6 Å². The van der Waals surface area contributed by atoms with Gasteiger partial charge in [-0.2, -0.15) is 0 Å². The second kappa shape index (κ2) is 6.82. The molecule has 2 amide bonds. The quantitative estimate of drug-likeness (QED) is 0.913. The van der Waals surface area contributed by atoms with Crippen LogP contribution < -0.4 is 5.32 Å². The van der Waals surface area contributed by atoms with Crippen molar-refractivity contribution in [3.05, 3.63) is 48.0 Å². The Kier molecular flexibility index (Phi) is 4.62. The molecule has 0 spiro atoms. The molecule has 0 aliphatic carbocycles. The number of hydrogen-bond donors (Lipinski definition) is 1. The highest BCUT2D eigenvalue weighted by molar-refractivity contribution is 5.85. The molecule has 1 atom stereocenters. The minimum atomic E-state index is 0.0902. The highest BCUT2D eigenvalue weighted by Gasteiger charge is 2.22. The summed E-state index contributed by atoms with van der Waals surface area (Å²) >= 11 is 0. The van der Waals surface area contributed by atoms with Crippen LogP contribution in [0.5, 0.6) is 0 Å². The number of rotatable bonds is 3. The zero-order valence-electron chi connectivity index (χ0n) is 13.2. The molecule has 0 aromatic heterocycles. The summed E-state index contributed by atoms with van der Waals surface area (Å²) in [5.41, 5.74) is 1.30. The SMILES string of the molecule is CC1CCCCN1C(=O)NCCc1cccc2ccccc12. The highest BCUT2D eigenvalue weighted by Crippen LogP contribution is 2.19. The number of likely N-dealkylation sites (tertiary alicyclic amines) is 1. The van der Waals surface area contributed by atoms with E-state index in [0.717, 1.165) is 25.8 Å². The van der Waals surface area contributed by atoms with Crippen LogP contribution in [0.4, 0.5) is 4.79 Å². The summed E-state index contributed by atoms with van der Waals surface area (Å²) in [6.45, 7) is 3.72. The molecule has 3 heteroatoms. The van der Waals surface area contributed by atoms with E-state index in [9.17, 15) is 4.79 Å². The van der Waals surface area contributed by atoms with Gasteiger partial charge in [0.15, 0.2) is 0 Å². The number of hydrogen-bond acceptors (Lipinski definition) is 1. The van der Waals surface area contributed by atoms with Gasteiger partial charge in [-0.1, -0.05) is 42.5 Å². The van der Waals surface area contributed by atoms with E-state index in [-0.39, 0.29) is 6.03 Å². The van der Waals surface area contributed by atoms with Gasteiger partial charge in [-0.3, -0.25) is 0 Å². The van der Waals surface area contributed by atoms with Gasteiger partial charge in [0.25, 0.3) is 0 Å². The van der Waals surface area contributed by atoms with Gasteiger partial charge in [0, 0.05) is 19.1 Å². The lowest BCUT2D eigenvalue weighted by Gasteiger charge is -2.33. The third kappa shape index (κ3) is 3.24. The molecule has 1 unspecified atom stereocenters. The van der Waals surface area contributed by atoms with Crippen LogP contribution in [0.3, 0.4) is 0 Å². The minimum Gasteiger partial charge on any atom is -0.338 e. The van der Waals surface area contributed by atoms with Crippen molar-refractivity contribution in [3.8, 4) is 0 Å². The summed E-state index contributed by atoms with van der Waals surface area (Å²) in [6.07, 6.45) is 4.36. The molecule has 1 heterocycles. The van der Waals surface area contributed by atoms with Gasteiger partial charge < -0.3 is 10.2 Å². The van der Waals surface area contributed by atoms with Crippen molar-refractivity contribution >= 4 is 16.8 Å². The largest absolute Gasteiger partial charge is 0.338 e. The molecule has 1 aliphatic heterocycles. The number of nitrogens with one attached hydrogen (secondary N) is 1. The molecule has 22 heavy (non-hydrogen) atoms. The van der Waals surface area contributed by atoms with Crippen LogP contribution in [0.2, 0.25) is 0 Å². The molecule has 3 rings (SSSR count). The van der Waals surface area contributed by atoms with Crippen molar-refractivity contribution in [1.29, 1.82) is 0 Å². The summed E-state index contributed by atoms with van der Waals surface area (Å²) in [7, 11) is 0. The molecule has 1 aliphatic rings. The molecule has 1 fully saturated rings. The van der Waals surface area contributed by atoms with Crippen molar-refractivity contribution in [2.24, 2.45) is 0 Å². The Hall–Kier alpha value is -2.03. The first-order chi connectivity index (χ1) is 10.8. The van der Waals surface area contributed by atoms with E-state index in [1.54, 1.807) is 0 Å². The standard InChI is InChI=1S/C19H24N2O/c1-15-7-4-5-14-21(15)19(22)20-13-12-17-10-6-9-16-8-2-3-11-18(16)17/h2-3,6,8-11,15H,4-5,7,12-14H2,1H3,(H,20,22). The summed E-state index contributed by atoms with van der Waals surface area (Å²) in [6, 6.07) is 15.2. The number of amides is 2. The van der Waals surface area contributed by atoms with Crippen LogP contribution in [-0.4, -0.2) is 30.1 Å². The predicted octanol–water partition coefficient (Wildman–Crippen LogP) is 3.97. The smallest absolute Gasteiger partial charge is 0.317 e. The number of piperidine rings is 1. The van der Waals surface area contributed by atoms with Crippen LogP contribution in [-0.2, 0) is 6.42 Å². The van der Waals surface area contributed by atoms with Crippen molar-refractivity contribution in [1.82, 2.24) is 10.2 Å². The molecule has 2 aromatic rings. The third-order valence-electron chi connectivity index (χ3n) is 4.61. The van der Waals surface area contributed by atoms with Crippen molar-refractivity contribution in [2.45, 2.75) is 38.6 Å². The summed E-state index contributed by atoms with van der Waals surface area (Å²) < 4.78 is 0. The van der Waals surface area contributed by atoms with E-state index < -0.39 is 0 Å². The van der Waals surface area contributed by atoms with Crippen LogP contribution in [0, 0.1) is 0 Å². The molecule has 2 aromatic carbocycles. The van der Waals surface area contributed by atoms with Crippen molar-refractivity contribution in [3.63, 3.8) is 0 Å². The summed E-state index contributed by atoms with van der Waals surface area (Å²) in [5.74, 6) is 0. The highest BCUT2D eigenvalue weighted by atomic mass is 16.2. The number of nitrogens with zero attached hydrogens (tertiary/aromatic N) is 1. The number of carbonyl (C=O) groups excluding carboxylic acids is 1. The fourth-order valence-corrected chi connectivity index (χ4v) is 3.32. The minimum absolute atomic E-state index is 0.0902. The summed E-state index contributed by atoms with van der Waals surface area (Å²) in [5, 5.41) is 5.63. The lowest BCUT2D eigenvalue weighted by Crippen LogP contribution is -2.47. The second-order valence-corrected chi connectivity index (χ2v) is 6.16. The molecule has 0 bridgehead atoms. The Balaban J connectivity index is 1.59. The fourth-order valence-electron chi connectivity index (χ4n) is 3.32. The fraction of sp³-hybridized carbons (Fsp3) is 0.421. The Bertz CT molecular complexity index is 647. The average molecular weight is 296 g/mol. The van der Waals surface area contributed by atoms with Gasteiger partial charge in [0.2, 0.25) is 0 Å². The van der Waals surface area contributed by atoms with E-state index in [1.165, 1.54) is 22.8 Å². The third-order valence-corrected chi connectivity index (χ3v) is 4.61. The Morgan fingerprint density at radius 1 is 1.18 bits per heavy atom. The van der Waals surface area contributed by atoms with Crippen LogP contribution in [0.1, 0.15) is 31.7 Å². The van der Waals surface area contributed by atoms with Crippen LogP contribution in [0.15, 0.2) is 42.5 Å². The lowest BCUT2D eigenvalue weighted by atomic mass is 10.0. The normalized spacial score (nSPS) is 18.4. The number of carbonyl (C=O) groups is 1. The maximum absolute atomic E-state index is 12.3. The van der Waals surface area contributed by atoms with Gasteiger partial charge in [0.05, 0.1) is 0 Å². The first kappa shape index (κ1) is 14.9. The number of benzene rings is 2. The van der Waals surface area contributed by atoms with E-state index in [2.05, 4.69) is 54.7 Å². The lowest BCUT2D eigenvalue weighted by molar-refractivity contribution is 0.158. The summed E-state index contributed by atoms with van der Waals surface area (Å²) in [4.78, 5) is 14.3. The van der Waals surface area contributed by atoms with Gasteiger partial charge in [-0.15, -0.1) is 0 Å². The monoisotopic (exact) mass is 296 g/mol. The molecular weight excluding hydrogens is 272 g/mol. The van der Waals surface area contributed by atoms with Gasteiger partial charge in [-0.25, -0.2) is 4.79 Å². The Morgan fingerprint density at radius 2 is 2.00 bits per heavy atom. The number of urea groups is 1.